The summed E-state index contributed by atoms with van der Waals surface area (Å²) in [6.45, 7) is 12.3. The zero-order valence-corrected chi connectivity index (χ0v) is 21.5. The number of nitrogens with zero attached hydrogens (tertiary/aromatic N) is 5. The van der Waals surface area contributed by atoms with Crippen LogP contribution in [0.5, 0.6) is 0 Å². The van der Waals surface area contributed by atoms with E-state index in [1.807, 2.05) is 12.3 Å². The highest BCUT2D eigenvalue weighted by molar-refractivity contribution is 7.15. The second-order valence-electron chi connectivity index (χ2n) is 9.90. The van der Waals surface area contributed by atoms with Crippen LogP contribution in [0, 0.1) is 20.8 Å². The Hall–Kier alpha value is -2.35. The number of hydrogen-bond acceptors (Lipinski definition) is 7. The minimum absolute atomic E-state index is 0.608. The first-order valence-corrected chi connectivity index (χ1v) is 13.5. The van der Waals surface area contributed by atoms with Gasteiger partial charge in [-0.05, 0) is 88.9 Å². The molecule has 2 aliphatic rings. The Bertz CT molecular complexity index is 1090. The normalized spacial score (nSPS) is 18.3. The van der Waals surface area contributed by atoms with Crippen molar-refractivity contribution in [3.63, 3.8) is 0 Å². The fourth-order valence-corrected chi connectivity index (χ4v) is 6.40. The number of piperidine rings is 2. The molecule has 0 spiro atoms. The monoisotopic (exact) mass is 476 g/mol. The van der Waals surface area contributed by atoms with Crippen LogP contribution in [0.25, 0.3) is 10.7 Å². The lowest BCUT2D eigenvalue weighted by Gasteiger charge is -2.40. The summed E-state index contributed by atoms with van der Waals surface area (Å²) in [6, 6.07) is 9.14. The van der Waals surface area contributed by atoms with Crippen molar-refractivity contribution in [2.24, 2.45) is 0 Å². The molecule has 1 N–H and O–H groups in total. The zero-order valence-electron chi connectivity index (χ0n) is 20.7. The van der Waals surface area contributed by atoms with Gasteiger partial charge in [0.15, 0.2) is 0 Å². The minimum Gasteiger partial charge on any atom is -0.324 e. The molecular weight excluding hydrogens is 440 g/mol. The van der Waals surface area contributed by atoms with Crippen molar-refractivity contribution in [1.29, 1.82) is 0 Å². The van der Waals surface area contributed by atoms with Crippen LogP contribution >= 0.6 is 11.3 Å². The Labute approximate surface area is 207 Å². The lowest BCUT2D eigenvalue weighted by molar-refractivity contribution is 0.0900. The van der Waals surface area contributed by atoms with E-state index in [9.17, 15) is 0 Å². The van der Waals surface area contributed by atoms with Crippen molar-refractivity contribution < 1.29 is 0 Å². The van der Waals surface area contributed by atoms with Crippen molar-refractivity contribution in [3.05, 3.63) is 52.2 Å². The summed E-state index contributed by atoms with van der Waals surface area (Å²) < 4.78 is 0. The number of hydrogen-bond donors (Lipinski definition) is 1. The Morgan fingerprint density at radius 2 is 1.68 bits per heavy atom. The molecule has 5 rings (SSSR count). The average Bonchev–Trinajstić information content (AvgIpc) is 3.20. The highest BCUT2D eigenvalue weighted by Gasteiger charge is 2.26. The second kappa shape index (κ2) is 10.5. The fraction of sp³-hybridized carbons (Fsp3) is 0.519. The van der Waals surface area contributed by atoms with Crippen LogP contribution in [0.2, 0.25) is 0 Å². The molecular formula is C27H36N6S. The van der Waals surface area contributed by atoms with E-state index in [0.29, 0.717) is 5.95 Å². The molecule has 2 fully saturated rings. The SMILES string of the molecule is Cc1cc(C)cc(Nc2nccc(-c3nc(C)c(CN4CCC(N5CCCCC5)CC4)s3)n2)c1. The van der Waals surface area contributed by atoms with Gasteiger partial charge in [-0.15, -0.1) is 11.3 Å². The minimum atomic E-state index is 0.608. The third-order valence-electron chi connectivity index (χ3n) is 7.08. The van der Waals surface area contributed by atoms with E-state index >= 15 is 0 Å². The topological polar surface area (TPSA) is 57.2 Å². The van der Waals surface area contributed by atoms with E-state index in [4.69, 9.17) is 9.97 Å². The van der Waals surface area contributed by atoms with Gasteiger partial charge >= 0.3 is 0 Å². The number of thiazole rings is 1. The van der Waals surface area contributed by atoms with Gasteiger partial charge in [0.1, 0.15) is 10.7 Å². The van der Waals surface area contributed by atoms with Crippen molar-refractivity contribution in [1.82, 2.24) is 24.8 Å². The molecule has 2 saturated heterocycles. The molecule has 6 nitrogen and oxygen atoms in total. The molecule has 0 unspecified atom stereocenters. The summed E-state index contributed by atoms with van der Waals surface area (Å²) in [5, 5.41) is 4.33. The number of rotatable bonds is 6. The van der Waals surface area contributed by atoms with E-state index in [0.717, 1.165) is 34.7 Å². The third-order valence-corrected chi connectivity index (χ3v) is 8.24. The van der Waals surface area contributed by atoms with Gasteiger partial charge in [-0.25, -0.2) is 15.0 Å². The largest absolute Gasteiger partial charge is 0.324 e. The first kappa shape index (κ1) is 23.4. The van der Waals surface area contributed by atoms with Crippen molar-refractivity contribution in [2.45, 2.75) is 65.5 Å². The van der Waals surface area contributed by atoms with Gasteiger partial charge in [-0.3, -0.25) is 4.90 Å². The fourth-order valence-electron chi connectivity index (χ4n) is 5.33. The van der Waals surface area contributed by atoms with Crippen LogP contribution < -0.4 is 5.32 Å². The molecule has 4 heterocycles. The van der Waals surface area contributed by atoms with Crippen LogP contribution in [-0.2, 0) is 6.54 Å². The molecule has 0 saturated carbocycles. The summed E-state index contributed by atoms with van der Waals surface area (Å²) in [5.74, 6) is 0.608. The first-order chi connectivity index (χ1) is 16.5. The predicted molar refractivity (Wildman–Crippen MR) is 141 cm³/mol. The standard InChI is InChI=1S/C27H36N6S/c1-19-15-20(2)17-22(16-19)30-27-28-10-7-24(31-27)26-29-21(3)25(34-26)18-32-13-8-23(9-14-32)33-11-5-4-6-12-33/h7,10,15-17,23H,4-6,8-9,11-14,18H2,1-3H3,(H,28,30,31). The summed E-state index contributed by atoms with van der Waals surface area (Å²) in [5.41, 5.74) is 5.46. The van der Waals surface area contributed by atoms with E-state index in [-0.39, 0.29) is 0 Å². The Morgan fingerprint density at radius 3 is 2.41 bits per heavy atom. The highest BCUT2D eigenvalue weighted by Crippen LogP contribution is 2.30. The maximum absolute atomic E-state index is 4.88. The Kier molecular flexibility index (Phi) is 7.23. The van der Waals surface area contributed by atoms with Crippen molar-refractivity contribution in [2.75, 3.05) is 31.5 Å². The van der Waals surface area contributed by atoms with E-state index < -0.39 is 0 Å². The molecule has 180 valence electrons. The van der Waals surface area contributed by atoms with Gasteiger partial charge < -0.3 is 10.2 Å². The average molecular weight is 477 g/mol. The Morgan fingerprint density at radius 1 is 0.941 bits per heavy atom. The van der Waals surface area contributed by atoms with E-state index in [1.54, 1.807) is 11.3 Å². The van der Waals surface area contributed by atoms with Gasteiger partial charge in [-0.2, -0.15) is 0 Å². The summed E-state index contributed by atoms with van der Waals surface area (Å²) in [4.78, 5) is 20.8. The van der Waals surface area contributed by atoms with Gasteiger partial charge in [0.2, 0.25) is 5.95 Å². The van der Waals surface area contributed by atoms with Crippen LogP contribution in [0.3, 0.4) is 0 Å². The summed E-state index contributed by atoms with van der Waals surface area (Å²) in [7, 11) is 0. The molecule has 2 aromatic heterocycles. The van der Waals surface area contributed by atoms with Gasteiger partial charge in [0.25, 0.3) is 0 Å². The molecule has 0 aliphatic carbocycles. The highest BCUT2D eigenvalue weighted by atomic mass is 32.1. The number of likely N-dealkylation sites (tertiary alicyclic amines) is 2. The number of aromatic nitrogens is 3. The van der Waals surface area contributed by atoms with Gasteiger partial charge in [0.05, 0.1) is 5.69 Å². The quantitative estimate of drug-likeness (QED) is 0.491. The van der Waals surface area contributed by atoms with Crippen molar-refractivity contribution in [3.8, 4) is 10.7 Å². The predicted octanol–water partition coefficient (Wildman–Crippen LogP) is 5.72. The molecule has 34 heavy (non-hydrogen) atoms. The van der Waals surface area contributed by atoms with Gasteiger partial charge in [0, 0.05) is 42.4 Å². The molecule has 2 aliphatic heterocycles. The van der Waals surface area contributed by atoms with Crippen LogP contribution in [0.4, 0.5) is 11.6 Å². The molecule has 1 aromatic carbocycles. The molecule has 7 heteroatoms. The van der Waals surface area contributed by atoms with Crippen LogP contribution in [0.15, 0.2) is 30.5 Å². The van der Waals surface area contributed by atoms with Crippen molar-refractivity contribution >= 4 is 23.0 Å². The lowest BCUT2D eigenvalue weighted by Crippen LogP contribution is -2.46. The number of aryl methyl sites for hydroxylation is 3. The maximum atomic E-state index is 4.88. The Balaban J connectivity index is 1.23. The summed E-state index contributed by atoms with van der Waals surface area (Å²) in [6.07, 6.45) is 8.59. The van der Waals surface area contributed by atoms with Crippen LogP contribution in [0.1, 0.15) is 53.8 Å². The third kappa shape index (κ3) is 5.65. The lowest BCUT2D eigenvalue weighted by atomic mass is 10.00. The smallest absolute Gasteiger partial charge is 0.227 e. The zero-order chi connectivity index (χ0) is 23.5. The molecule has 0 bridgehead atoms. The first-order valence-electron chi connectivity index (χ1n) is 12.6. The summed E-state index contributed by atoms with van der Waals surface area (Å²) >= 11 is 1.77. The molecule has 0 amide bonds. The van der Waals surface area contributed by atoms with Crippen LogP contribution in [-0.4, -0.2) is 57.0 Å². The van der Waals surface area contributed by atoms with Gasteiger partial charge in [-0.1, -0.05) is 12.5 Å². The van der Waals surface area contributed by atoms with E-state index in [1.165, 1.54) is 74.3 Å². The second-order valence-corrected chi connectivity index (χ2v) is 11.0. The number of nitrogens with one attached hydrogen (secondary N) is 1. The van der Waals surface area contributed by atoms with E-state index in [2.05, 4.69) is 59.1 Å². The molecule has 0 radical (unpaired) electrons. The number of benzene rings is 1. The number of anilines is 2. The molecule has 3 aromatic rings. The molecule has 0 atom stereocenters. The maximum Gasteiger partial charge on any atom is 0.227 e.